The van der Waals surface area contributed by atoms with Crippen LogP contribution in [0, 0.1) is 0 Å². The summed E-state index contributed by atoms with van der Waals surface area (Å²) in [6.07, 6.45) is -2.96. The first-order valence-corrected chi connectivity index (χ1v) is 9.86. The van der Waals surface area contributed by atoms with Crippen molar-refractivity contribution in [2.75, 3.05) is 20.7 Å². The number of carbonyl (C=O) groups is 2. The first-order valence-electron chi connectivity index (χ1n) is 9.86. The number of nitrogens with zero attached hydrogens (tertiary/aromatic N) is 1. The summed E-state index contributed by atoms with van der Waals surface area (Å²) in [6, 6.07) is 16.7. The summed E-state index contributed by atoms with van der Waals surface area (Å²) < 4.78 is 17.1. The third-order valence-corrected chi connectivity index (χ3v) is 5.16. The fourth-order valence-electron chi connectivity index (χ4n) is 3.59. The molecule has 0 radical (unpaired) electrons. The minimum atomic E-state index is -0.880. The molecular formula is C23H27NO6. The van der Waals surface area contributed by atoms with Crippen molar-refractivity contribution >= 4 is 11.9 Å². The van der Waals surface area contributed by atoms with Crippen molar-refractivity contribution in [3.8, 4) is 0 Å². The Balaban J connectivity index is 1.78. The molecule has 5 atom stereocenters. The van der Waals surface area contributed by atoms with E-state index >= 15 is 0 Å². The van der Waals surface area contributed by atoms with E-state index in [-0.39, 0.29) is 6.61 Å². The van der Waals surface area contributed by atoms with Crippen LogP contribution in [0.5, 0.6) is 0 Å². The summed E-state index contributed by atoms with van der Waals surface area (Å²) in [5.74, 6) is -1.02. The normalized spacial score (nSPS) is 26.2. The molecule has 1 saturated heterocycles. The average Bonchev–Trinajstić information content (AvgIpc) is 2.75. The largest absolute Gasteiger partial charge is 0.459 e. The first-order chi connectivity index (χ1) is 14.4. The zero-order chi connectivity index (χ0) is 21.7. The summed E-state index contributed by atoms with van der Waals surface area (Å²) in [6.45, 7) is 1.63. The molecule has 1 aliphatic rings. The molecule has 0 amide bonds. The highest BCUT2D eigenvalue weighted by atomic mass is 16.6. The maximum Gasteiger partial charge on any atom is 0.338 e. The summed E-state index contributed by atoms with van der Waals surface area (Å²) >= 11 is 0. The molecule has 0 bridgehead atoms. The van der Waals surface area contributed by atoms with E-state index in [1.165, 1.54) is 0 Å². The smallest absolute Gasteiger partial charge is 0.338 e. The molecule has 7 heteroatoms. The van der Waals surface area contributed by atoms with Gasteiger partial charge in [-0.05, 0) is 45.3 Å². The Kier molecular flexibility index (Phi) is 7.20. The van der Waals surface area contributed by atoms with Gasteiger partial charge in [-0.1, -0.05) is 36.4 Å². The minimum absolute atomic E-state index is 0.109. The molecule has 7 nitrogen and oxygen atoms in total. The summed E-state index contributed by atoms with van der Waals surface area (Å²) in [4.78, 5) is 26.8. The number of hydrogen-bond acceptors (Lipinski definition) is 7. The molecule has 0 aliphatic carbocycles. The second-order valence-electron chi connectivity index (χ2n) is 7.52. The average molecular weight is 413 g/mol. The van der Waals surface area contributed by atoms with Gasteiger partial charge in [0.15, 0.2) is 0 Å². The molecule has 3 rings (SSSR count). The van der Waals surface area contributed by atoms with Gasteiger partial charge in [-0.15, -0.1) is 0 Å². The Labute approximate surface area is 176 Å². The van der Waals surface area contributed by atoms with Crippen LogP contribution in [0.4, 0.5) is 0 Å². The molecule has 1 N–H and O–H groups in total. The van der Waals surface area contributed by atoms with Gasteiger partial charge in [-0.25, -0.2) is 9.59 Å². The Morgan fingerprint density at radius 1 is 0.967 bits per heavy atom. The second kappa shape index (κ2) is 9.84. The summed E-state index contributed by atoms with van der Waals surface area (Å²) in [5, 5.41) is 10.7. The third kappa shape index (κ3) is 5.05. The Morgan fingerprint density at radius 3 is 2.03 bits per heavy atom. The van der Waals surface area contributed by atoms with Crippen molar-refractivity contribution in [3.05, 3.63) is 71.8 Å². The number of esters is 2. The van der Waals surface area contributed by atoms with Crippen molar-refractivity contribution in [1.29, 1.82) is 0 Å². The predicted octanol–water partition coefficient (Wildman–Crippen LogP) is 2.15. The lowest BCUT2D eigenvalue weighted by Crippen LogP contribution is -2.63. The molecule has 1 heterocycles. The van der Waals surface area contributed by atoms with Gasteiger partial charge in [0.05, 0.1) is 29.4 Å². The third-order valence-electron chi connectivity index (χ3n) is 5.16. The number of ether oxygens (including phenoxy) is 3. The van der Waals surface area contributed by atoms with Crippen LogP contribution < -0.4 is 0 Å². The second-order valence-corrected chi connectivity index (χ2v) is 7.52. The summed E-state index contributed by atoms with van der Waals surface area (Å²) in [5.41, 5.74) is 0.812. The standard InChI is InChI=1S/C23H27NO6/c1-15-20(25)19(24(2)3)21(30-23(27)17-12-8-5-9-13-17)18(29-15)14-28-22(26)16-10-6-4-7-11-16/h4-13,15,18-21,25H,14H2,1-3H3/t15-,18+,19?,20?,21?/m0/s1. The van der Waals surface area contributed by atoms with Crippen LogP contribution in [0.25, 0.3) is 0 Å². The Hall–Kier alpha value is -2.74. The van der Waals surface area contributed by atoms with Gasteiger partial charge >= 0.3 is 11.9 Å². The van der Waals surface area contributed by atoms with Gasteiger partial charge in [0.1, 0.15) is 18.8 Å². The lowest BCUT2D eigenvalue weighted by Gasteiger charge is -2.45. The fraction of sp³-hybridized carbons (Fsp3) is 0.391. The highest BCUT2D eigenvalue weighted by Crippen LogP contribution is 2.27. The number of hydrogen-bond donors (Lipinski definition) is 1. The zero-order valence-electron chi connectivity index (χ0n) is 17.3. The monoisotopic (exact) mass is 413 g/mol. The Bertz CT molecular complexity index is 841. The predicted molar refractivity (Wildman–Crippen MR) is 110 cm³/mol. The van der Waals surface area contributed by atoms with Crippen molar-refractivity contribution < 1.29 is 28.9 Å². The number of aliphatic hydroxyl groups is 1. The molecule has 0 aromatic heterocycles. The van der Waals surface area contributed by atoms with Crippen LogP contribution in [0.3, 0.4) is 0 Å². The SMILES string of the molecule is C[C@@H]1O[C@H](COC(=O)c2ccccc2)C(OC(=O)c2ccccc2)C(N(C)C)C1O. The maximum absolute atomic E-state index is 12.7. The van der Waals surface area contributed by atoms with Crippen molar-refractivity contribution in [2.45, 2.75) is 37.4 Å². The van der Waals surface area contributed by atoms with Crippen LogP contribution in [0.15, 0.2) is 60.7 Å². The van der Waals surface area contributed by atoms with Crippen LogP contribution in [0.2, 0.25) is 0 Å². The van der Waals surface area contributed by atoms with E-state index in [1.54, 1.807) is 80.5 Å². The van der Waals surface area contributed by atoms with E-state index in [0.29, 0.717) is 11.1 Å². The zero-order valence-corrected chi connectivity index (χ0v) is 17.3. The van der Waals surface area contributed by atoms with E-state index in [4.69, 9.17) is 14.2 Å². The quantitative estimate of drug-likeness (QED) is 0.727. The number of carbonyl (C=O) groups excluding carboxylic acids is 2. The topological polar surface area (TPSA) is 85.3 Å². The van der Waals surface area contributed by atoms with E-state index in [1.807, 2.05) is 6.07 Å². The number of aliphatic hydroxyl groups excluding tert-OH is 1. The van der Waals surface area contributed by atoms with Crippen molar-refractivity contribution in [1.82, 2.24) is 4.90 Å². The lowest BCUT2D eigenvalue weighted by atomic mass is 9.92. The van der Waals surface area contributed by atoms with Gasteiger partial charge < -0.3 is 24.2 Å². The van der Waals surface area contributed by atoms with E-state index < -0.39 is 42.4 Å². The molecule has 2 aromatic rings. The number of benzene rings is 2. The molecule has 3 unspecified atom stereocenters. The van der Waals surface area contributed by atoms with Crippen molar-refractivity contribution in [2.24, 2.45) is 0 Å². The van der Waals surface area contributed by atoms with Crippen molar-refractivity contribution in [3.63, 3.8) is 0 Å². The van der Waals surface area contributed by atoms with Crippen LogP contribution in [0.1, 0.15) is 27.6 Å². The Morgan fingerprint density at radius 2 is 1.50 bits per heavy atom. The molecule has 2 aromatic carbocycles. The molecule has 0 spiro atoms. The highest BCUT2D eigenvalue weighted by molar-refractivity contribution is 5.90. The molecule has 160 valence electrons. The molecule has 0 saturated carbocycles. The molecule has 30 heavy (non-hydrogen) atoms. The van der Waals surface area contributed by atoms with Gasteiger partial charge in [0.25, 0.3) is 0 Å². The van der Waals surface area contributed by atoms with E-state index in [0.717, 1.165) is 0 Å². The first kappa shape index (κ1) is 22.0. The van der Waals surface area contributed by atoms with Gasteiger partial charge in [-0.2, -0.15) is 0 Å². The van der Waals surface area contributed by atoms with Crippen LogP contribution >= 0.6 is 0 Å². The van der Waals surface area contributed by atoms with Gasteiger partial charge in [-0.3, -0.25) is 0 Å². The molecule has 1 fully saturated rings. The molecular weight excluding hydrogens is 386 g/mol. The van der Waals surface area contributed by atoms with Gasteiger partial charge in [0.2, 0.25) is 0 Å². The minimum Gasteiger partial charge on any atom is -0.459 e. The van der Waals surface area contributed by atoms with E-state index in [2.05, 4.69) is 0 Å². The maximum atomic E-state index is 12.7. The van der Waals surface area contributed by atoms with Gasteiger partial charge in [0, 0.05) is 0 Å². The van der Waals surface area contributed by atoms with E-state index in [9.17, 15) is 14.7 Å². The summed E-state index contributed by atoms with van der Waals surface area (Å²) in [7, 11) is 3.59. The van der Waals surface area contributed by atoms with Crippen LogP contribution in [-0.2, 0) is 14.2 Å². The number of rotatable bonds is 6. The number of likely N-dealkylation sites (N-methyl/N-ethyl adjacent to an activating group) is 1. The highest BCUT2D eigenvalue weighted by Gasteiger charge is 2.47. The lowest BCUT2D eigenvalue weighted by molar-refractivity contribution is -0.204. The molecule has 1 aliphatic heterocycles. The fourth-order valence-corrected chi connectivity index (χ4v) is 3.59. The van der Waals surface area contributed by atoms with Crippen LogP contribution in [-0.4, -0.2) is 73.1 Å².